The quantitative estimate of drug-likeness (QED) is 0.614. The van der Waals surface area contributed by atoms with Crippen LogP contribution < -0.4 is 0 Å². The molecule has 0 saturated heterocycles. The Morgan fingerprint density at radius 3 is 2.73 bits per heavy atom. The molecule has 4 rings (SSSR count). The molecule has 0 aliphatic heterocycles. The minimum Gasteiger partial charge on any atom is -0.469 e. The van der Waals surface area contributed by atoms with E-state index in [-0.39, 0.29) is 23.6 Å². The lowest BCUT2D eigenvalue weighted by Crippen LogP contribution is -2.59. The summed E-state index contributed by atoms with van der Waals surface area (Å²) in [5, 5.41) is 10.2. The zero-order valence-electron chi connectivity index (χ0n) is 16.4. The van der Waals surface area contributed by atoms with E-state index < -0.39 is 0 Å². The number of ether oxygens (including phenoxy) is 2. The Bertz CT molecular complexity index is 587. The van der Waals surface area contributed by atoms with E-state index in [0.29, 0.717) is 35.5 Å². The van der Waals surface area contributed by atoms with Crippen LogP contribution in [0.3, 0.4) is 0 Å². The third kappa shape index (κ3) is 2.67. The standard InChI is InChI=1S/C22H34O4/c1-21-9-6-15(23)11-14(21)12-18(25-2)20-16(21)7-10-22(13-19(24)26-3)8-4-5-17(20)22/h4,8,14-18,20,23H,5-7,9-13H2,1-3H3/t14?,15-,16-,17-,18-,20+,21-,22-/m0/s1. The van der Waals surface area contributed by atoms with E-state index in [9.17, 15) is 9.90 Å². The molecule has 3 fully saturated rings. The summed E-state index contributed by atoms with van der Waals surface area (Å²) in [6, 6.07) is 0. The molecule has 146 valence electrons. The lowest BCUT2D eigenvalue weighted by molar-refractivity contribution is -0.179. The Morgan fingerprint density at radius 2 is 2.00 bits per heavy atom. The van der Waals surface area contributed by atoms with Gasteiger partial charge in [0.25, 0.3) is 0 Å². The van der Waals surface area contributed by atoms with Crippen LogP contribution in [0.15, 0.2) is 12.2 Å². The van der Waals surface area contributed by atoms with E-state index >= 15 is 0 Å². The highest BCUT2D eigenvalue weighted by molar-refractivity contribution is 5.70. The third-order valence-electron chi connectivity index (χ3n) is 8.73. The summed E-state index contributed by atoms with van der Waals surface area (Å²) in [4.78, 5) is 12.1. The molecule has 26 heavy (non-hydrogen) atoms. The van der Waals surface area contributed by atoms with E-state index in [1.807, 2.05) is 7.11 Å². The maximum Gasteiger partial charge on any atom is 0.306 e. The molecular weight excluding hydrogens is 328 g/mol. The molecule has 0 spiro atoms. The molecule has 0 amide bonds. The van der Waals surface area contributed by atoms with Crippen molar-refractivity contribution >= 4 is 5.97 Å². The number of hydrogen-bond acceptors (Lipinski definition) is 4. The highest BCUT2D eigenvalue weighted by Gasteiger charge is 2.61. The van der Waals surface area contributed by atoms with E-state index in [1.165, 1.54) is 7.11 Å². The van der Waals surface area contributed by atoms with Crippen LogP contribution in [0.2, 0.25) is 0 Å². The summed E-state index contributed by atoms with van der Waals surface area (Å²) in [6.07, 6.45) is 12.5. The molecule has 8 atom stereocenters. The van der Waals surface area contributed by atoms with Crippen LogP contribution in [0.1, 0.15) is 58.3 Å². The number of fused-ring (bicyclic) bond motifs is 5. The molecule has 1 N–H and O–H groups in total. The first-order chi connectivity index (χ1) is 12.4. The molecule has 0 aromatic carbocycles. The summed E-state index contributed by atoms with van der Waals surface area (Å²) < 4.78 is 11.1. The average Bonchev–Trinajstić information content (AvgIpc) is 3.05. The van der Waals surface area contributed by atoms with E-state index in [0.717, 1.165) is 44.9 Å². The number of carbonyl (C=O) groups excluding carboxylic acids is 1. The number of hydrogen-bond donors (Lipinski definition) is 1. The number of carbonyl (C=O) groups is 1. The van der Waals surface area contributed by atoms with Crippen molar-refractivity contribution in [2.24, 2.45) is 34.5 Å². The maximum atomic E-state index is 12.1. The predicted molar refractivity (Wildman–Crippen MR) is 99.4 cm³/mol. The van der Waals surface area contributed by atoms with Gasteiger partial charge in [0, 0.05) is 12.5 Å². The highest BCUT2D eigenvalue weighted by Crippen LogP contribution is 2.66. The summed E-state index contributed by atoms with van der Waals surface area (Å²) in [6.45, 7) is 2.47. The molecule has 4 aliphatic carbocycles. The molecule has 0 bridgehead atoms. The molecule has 3 saturated carbocycles. The Balaban J connectivity index is 1.66. The number of methoxy groups -OCH3 is 2. The predicted octanol–water partition coefficient (Wildman–Crippen LogP) is 3.72. The molecule has 0 radical (unpaired) electrons. The van der Waals surface area contributed by atoms with Gasteiger partial charge in [-0.25, -0.2) is 0 Å². The molecule has 4 nitrogen and oxygen atoms in total. The van der Waals surface area contributed by atoms with Crippen LogP contribution in [0.25, 0.3) is 0 Å². The van der Waals surface area contributed by atoms with Gasteiger partial charge in [0.2, 0.25) is 0 Å². The van der Waals surface area contributed by atoms with Crippen molar-refractivity contribution < 1.29 is 19.4 Å². The van der Waals surface area contributed by atoms with Crippen LogP contribution in [-0.4, -0.2) is 37.5 Å². The van der Waals surface area contributed by atoms with Gasteiger partial charge < -0.3 is 14.6 Å². The zero-order chi connectivity index (χ0) is 18.5. The van der Waals surface area contributed by atoms with Crippen LogP contribution in [0, 0.1) is 34.5 Å². The minimum absolute atomic E-state index is 0.0393. The molecule has 4 heteroatoms. The first-order valence-corrected chi connectivity index (χ1v) is 10.4. The van der Waals surface area contributed by atoms with E-state index in [4.69, 9.17) is 9.47 Å². The molecule has 0 heterocycles. The summed E-state index contributed by atoms with van der Waals surface area (Å²) in [5.41, 5.74) is 0.265. The number of allylic oxidation sites excluding steroid dienone is 2. The second-order valence-corrected chi connectivity index (χ2v) is 9.59. The Kier molecular flexibility index (Phi) is 4.71. The van der Waals surface area contributed by atoms with Gasteiger partial charge in [0.15, 0.2) is 0 Å². The summed E-state index contributed by atoms with van der Waals surface area (Å²) in [7, 11) is 3.35. The van der Waals surface area contributed by atoms with Crippen molar-refractivity contribution in [2.75, 3.05) is 14.2 Å². The Hall–Kier alpha value is -0.870. The van der Waals surface area contributed by atoms with Gasteiger partial charge in [0.05, 0.1) is 25.7 Å². The van der Waals surface area contributed by atoms with Gasteiger partial charge in [-0.1, -0.05) is 19.1 Å². The van der Waals surface area contributed by atoms with E-state index in [2.05, 4.69) is 19.1 Å². The van der Waals surface area contributed by atoms with Crippen LogP contribution in [0.4, 0.5) is 0 Å². The highest BCUT2D eigenvalue weighted by atomic mass is 16.5. The minimum atomic E-state index is -0.141. The number of esters is 1. The SMILES string of the molecule is COC(=O)C[C@@]12C=CC[C@H]1[C@@H]1[C@@H](OC)CC3C[C@@H](O)CC[C@]3(C)[C@H]1CC2. The molecule has 0 aromatic rings. The largest absolute Gasteiger partial charge is 0.469 e. The topological polar surface area (TPSA) is 55.8 Å². The first-order valence-electron chi connectivity index (χ1n) is 10.4. The fraction of sp³-hybridized carbons (Fsp3) is 0.864. The van der Waals surface area contributed by atoms with Gasteiger partial charge in [-0.05, 0) is 74.0 Å². The van der Waals surface area contributed by atoms with Crippen molar-refractivity contribution in [3.05, 3.63) is 12.2 Å². The van der Waals surface area contributed by atoms with Gasteiger partial charge in [-0.15, -0.1) is 0 Å². The second-order valence-electron chi connectivity index (χ2n) is 9.59. The molecular formula is C22H34O4. The fourth-order valence-corrected chi connectivity index (χ4v) is 7.36. The Labute approximate surface area is 157 Å². The van der Waals surface area contributed by atoms with Gasteiger partial charge in [0.1, 0.15) is 0 Å². The van der Waals surface area contributed by atoms with Crippen LogP contribution in [-0.2, 0) is 14.3 Å². The van der Waals surface area contributed by atoms with E-state index in [1.54, 1.807) is 0 Å². The van der Waals surface area contributed by atoms with Crippen molar-refractivity contribution in [3.63, 3.8) is 0 Å². The maximum absolute atomic E-state index is 12.1. The third-order valence-corrected chi connectivity index (χ3v) is 8.73. The normalized spacial score (nSPS) is 49.8. The lowest BCUT2D eigenvalue weighted by Gasteiger charge is -2.62. The molecule has 4 aliphatic rings. The van der Waals surface area contributed by atoms with Crippen molar-refractivity contribution in [1.29, 1.82) is 0 Å². The van der Waals surface area contributed by atoms with Gasteiger partial charge in [-0.3, -0.25) is 4.79 Å². The first kappa shape index (κ1) is 18.5. The number of aliphatic hydroxyl groups excluding tert-OH is 1. The zero-order valence-corrected chi connectivity index (χ0v) is 16.4. The van der Waals surface area contributed by atoms with Gasteiger partial charge in [-0.2, -0.15) is 0 Å². The smallest absolute Gasteiger partial charge is 0.306 e. The number of rotatable bonds is 3. The van der Waals surface area contributed by atoms with Crippen LogP contribution >= 0.6 is 0 Å². The Morgan fingerprint density at radius 1 is 1.19 bits per heavy atom. The monoisotopic (exact) mass is 362 g/mol. The van der Waals surface area contributed by atoms with Crippen molar-refractivity contribution in [2.45, 2.75) is 70.5 Å². The molecule has 1 unspecified atom stereocenters. The summed E-state index contributed by atoms with van der Waals surface area (Å²) >= 11 is 0. The van der Waals surface area contributed by atoms with Crippen molar-refractivity contribution in [1.82, 2.24) is 0 Å². The lowest BCUT2D eigenvalue weighted by atomic mass is 9.44. The average molecular weight is 363 g/mol. The van der Waals surface area contributed by atoms with Crippen molar-refractivity contribution in [3.8, 4) is 0 Å². The summed E-state index contributed by atoms with van der Waals surface area (Å²) in [5.74, 6) is 2.09. The molecule has 0 aromatic heterocycles. The second kappa shape index (κ2) is 6.63. The van der Waals surface area contributed by atoms with Gasteiger partial charge >= 0.3 is 5.97 Å². The number of aliphatic hydroxyl groups is 1. The fourth-order valence-electron chi connectivity index (χ4n) is 7.36. The van der Waals surface area contributed by atoms with Crippen LogP contribution in [0.5, 0.6) is 0 Å².